The predicted molar refractivity (Wildman–Crippen MR) is 87.4 cm³/mol. The van der Waals surface area contributed by atoms with Crippen molar-refractivity contribution in [2.75, 3.05) is 14.1 Å². The largest absolute Gasteiger partial charge is 0.348 e. The standard InChI is InChI=1S/C17H24N4O/c1-14(20(2)3)17(22)19-13-16-18-10-12-21(16)11-9-15-7-5-4-6-8-15/h4-8,10,12,14H,9,11,13H2,1-3H3,(H,19,22)/t14-/m1/s1. The molecule has 0 fully saturated rings. The predicted octanol–water partition coefficient (Wildman–Crippen LogP) is 1.69. The Morgan fingerprint density at radius 3 is 2.73 bits per heavy atom. The molecule has 1 amide bonds. The van der Waals surface area contributed by atoms with Crippen LogP contribution >= 0.6 is 0 Å². The molecule has 0 spiro atoms. The van der Waals surface area contributed by atoms with Crippen LogP contribution in [0, 0.1) is 0 Å². The van der Waals surface area contributed by atoms with E-state index in [1.807, 2.05) is 50.3 Å². The molecule has 0 saturated heterocycles. The van der Waals surface area contributed by atoms with Gasteiger partial charge in [0.2, 0.25) is 5.91 Å². The van der Waals surface area contributed by atoms with E-state index < -0.39 is 0 Å². The van der Waals surface area contributed by atoms with Gasteiger partial charge in [0.25, 0.3) is 0 Å². The van der Waals surface area contributed by atoms with E-state index in [4.69, 9.17) is 0 Å². The van der Waals surface area contributed by atoms with Crippen molar-refractivity contribution in [1.29, 1.82) is 0 Å². The Morgan fingerprint density at radius 1 is 1.32 bits per heavy atom. The summed E-state index contributed by atoms with van der Waals surface area (Å²) in [4.78, 5) is 18.2. The molecule has 1 aromatic carbocycles. The lowest BCUT2D eigenvalue weighted by molar-refractivity contribution is -0.125. The molecule has 1 atom stereocenters. The van der Waals surface area contributed by atoms with Crippen LogP contribution in [0.3, 0.4) is 0 Å². The van der Waals surface area contributed by atoms with Gasteiger partial charge in [0.15, 0.2) is 0 Å². The summed E-state index contributed by atoms with van der Waals surface area (Å²) in [7, 11) is 3.79. The van der Waals surface area contributed by atoms with E-state index in [2.05, 4.69) is 27.0 Å². The average Bonchev–Trinajstić information content (AvgIpc) is 2.98. The van der Waals surface area contributed by atoms with E-state index in [0.717, 1.165) is 18.8 Å². The van der Waals surface area contributed by atoms with Crippen LogP contribution in [0.15, 0.2) is 42.7 Å². The highest BCUT2D eigenvalue weighted by Gasteiger charge is 2.15. The zero-order valence-electron chi connectivity index (χ0n) is 13.5. The summed E-state index contributed by atoms with van der Waals surface area (Å²) < 4.78 is 2.09. The zero-order valence-corrected chi connectivity index (χ0v) is 13.5. The van der Waals surface area contributed by atoms with Gasteiger partial charge in [0.1, 0.15) is 5.82 Å². The number of carbonyl (C=O) groups is 1. The number of nitrogens with one attached hydrogen (secondary N) is 1. The van der Waals surface area contributed by atoms with Crippen LogP contribution in [0.1, 0.15) is 18.3 Å². The maximum absolute atomic E-state index is 12.0. The van der Waals surface area contributed by atoms with Gasteiger partial charge in [-0.25, -0.2) is 4.98 Å². The van der Waals surface area contributed by atoms with E-state index in [0.29, 0.717) is 6.54 Å². The molecular formula is C17H24N4O. The highest BCUT2D eigenvalue weighted by atomic mass is 16.2. The van der Waals surface area contributed by atoms with E-state index in [1.165, 1.54) is 5.56 Å². The van der Waals surface area contributed by atoms with Crippen LogP contribution in [0.2, 0.25) is 0 Å². The van der Waals surface area contributed by atoms with Crippen molar-refractivity contribution in [3.63, 3.8) is 0 Å². The maximum Gasteiger partial charge on any atom is 0.237 e. The van der Waals surface area contributed by atoms with Gasteiger partial charge in [-0.05, 0) is 33.0 Å². The van der Waals surface area contributed by atoms with Crippen LogP contribution in [0.4, 0.5) is 0 Å². The molecule has 118 valence electrons. The summed E-state index contributed by atoms with van der Waals surface area (Å²) >= 11 is 0. The molecule has 22 heavy (non-hydrogen) atoms. The molecule has 0 aliphatic rings. The van der Waals surface area contributed by atoms with Crippen LogP contribution < -0.4 is 5.32 Å². The Balaban J connectivity index is 1.88. The molecule has 1 aromatic heterocycles. The fraction of sp³-hybridized carbons (Fsp3) is 0.412. The lowest BCUT2D eigenvalue weighted by atomic mass is 10.1. The van der Waals surface area contributed by atoms with E-state index in [-0.39, 0.29) is 11.9 Å². The summed E-state index contributed by atoms with van der Waals surface area (Å²) in [5.41, 5.74) is 1.30. The second-order valence-electron chi connectivity index (χ2n) is 5.63. The molecule has 0 aliphatic carbocycles. The maximum atomic E-state index is 12.0. The molecule has 0 saturated carbocycles. The number of hydrogen-bond acceptors (Lipinski definition) is 3. The number of benzene rings is 1. The van der Waals surface area contributed by atoms with Crippen molar-refractivity contribution < 1.29 is 4.79 Å². The lowest BCUT2D eigenvalue weighted by Gasteiger charge is -2.19. The molecule has 1 heterocycles. The van der Waals surface area contributed by atoms with Crippen molar-refractivity contribution in [3.8, 4) is 0 Å². The molecule has 5 nitrogen and oxygen atoms in total. The minimum absolute atomic E-state index is 0.0163. The highest BCUT2D eigenvalue weighted by Crippen LogP contribution is 2.04. The normalized spacial score (nSPS) is 12.4. The van der Waals surface area contributed by atoms with Crippen molar-refractivity contribution in [2.45, 2.75) is 32.5 Å². The van der Waals surface area contributed by atoms with Gasteiger partial charge in [-0.2, -0.15) is 0 Å². The van der Waals surface area contributed by atoms with Gasteiger partial charge in [-0.3, -0.25) is 9.69 Å². The first kappa shape index (κ1) is 16.2. The van der Waals surface area contributed by atoms with Gasteiger partial charge in [0.05, 0.1) is 12.6 Å². The van der Waals surface area contributed by atoms with E-state index >= 15 is 0 Å². The second kappa shape index (κ2) is 7.75. The SMILES string of the molecule is C[C@H](C(=O)NCc1nccn1CCc1ccccc1)N(C)C. The number of aromatic nitrogens is 2. The van der Waals surface area contributed by atoms with Gasteiger partial charge < -0.3 is 9.88 Å². The fourth-order valence-corrected chi connectivity index (χ4v) is 2.15. The number of aryl methyl sites for hydroxylation is 2. The summed E-state index contributed by atoms with van der Waals surface area (Å²) in [6, 6.07) is 10.2. The number of imidazole rings is 1. The number of likely N-dealkylation sites (N-methyl/N-ethyl adjacent to an activating group) is 1. The number of nitrogens with zero attached hydrogens (tertiary/aromatic N) is 3. The Bertz CT molecular complexity index is 592. The van der Waals surface area contributed by atoms with Gasteiger partial charge >= 0.3 is 0 Å². The summed E-state index contributed by atoms with van der Waals surface area (Å²) in [5.74, 6) is 0.901. The monoisotopic (exact) mass is 300 g/mol. The lowest BCUT2D eigenvalue weighted by Crippen LogP contribution is -2.41. The number of hydrogen-bond donors (Lipinski definition) is 1. The smallest absolute Gasteiger partial charge is 0.237 e. The van der Waals surface area contributed by atoms with Gasteiger partial charge in [0, 0.05) is 18.9 Å². The van der Waals surface area contributed by atoms with Crippen LogP contribution in [0.25, 0.3) is 0 Å². The molecule has 5 heteroatoms. The topological polar surface area (TPSA) is 50.2 Å². The minimum atomic E-state index is -0.146. The first-order chi connectivity index (χ1) is 10.6. The first-order valence-corrected chi connectivity index (χ1v) is 7.56. The number of carbonyl (C=O) groups excluding carboxylic acids is 1. The van der Waals surface area contributed by atoms with Crippen LogP contribution in [-0.2, 0) is 24.3 Å². The molecular weight excluding hydrogens is 276 g/mol. The third-order valence-electron chi connectivity index (χ3n) is 3.86. The first-order valence-electron chi connectivity index (χ1n) is 7.56. The molecule has 0 radical (unpaired) electrons. The third kappa shape index (κ3) is 4.43. The third-order valence-corrected chi connectivity index (χ3v) is 3.86. The van der Waals surface area contributed by atoms with Gasteiger partial charge in [-0.1, -0.05) is 30.3 Å². The van der Waals surface area contributed by atoms with Crippen LogP contribution in [-0.4, -0.2) is 40.5 Å². The molecule has 0 bridgehead atoms. The molecule has 0 unspecified atom stereocenters. The highest BCUT2D eigenvalue weighted by molar-refractivity contribution is 5.81. The van der Waals surface area contributed by atoms with Gasteiger partial charge in [-0.15, -0.1) is 0 Å². The number of amides is 1. The van der Waals surface area contributed by atoms with Crippen LogP contribution in [0.5, 0.6) is 0 Å². The minimum Gasteiger partial charge on any atom is -0.348 e. The molecule has 1 N–H and O–H groups in total. The average molecular weight is 300 g/mol. The van der Waals surface area contributed by atoms with Crippen molar-refractivity contribution in [1.82, 2.24) is 19.8 Å². The van der Waals surface area contributed by atoms with Crippen molar-refractivity contribution in [2.24, 2.45) is 0 Å². The summed E-state index contributed by atoms with van der Waals surface area (Å²) in [6.07, 6.45) is 4.69. The Labute approximate surface area is 132 Å². The summed E-state index contributed by atoms with van der Waals surface area (Å²) in [6.45, 7) is 3.20. The Hall–Kier alpha value is -2.14. The van der Waals surface area contributed by atoms with Crippen molar-refractivity contribution in [3.05, 3.63) is 54.1 Å². The molecule has 2 aromatic rings. The van der Waals surface area contributed by atoms with E-state index in [1.54, 1.807) is 6.20 Å². The quantitative estimate of drug-likeness (QED) is 0.846. The number of rotatable bonds is 7. The molecule has 0 aliphatic heterocycles. The summed E-state index contributed by atoms with van der Waals surface area (Å²) in [5, 5.41) is 2.94. The Morgan fingerprint density at radius 2 is 2.05 bits per heavy atom. The Kier molecular flexibility index (Phi) is 5.72. The second-order valence-corrected chi connectivity index (χ2v) is 5.63. The fourth-order valence-electron chi connectivity index (χ4n) is 2.15. The zero-order chi connectivity index (χ0) is 15.9. The van der Waals surface area contributed by atoms with E-state index in [9.17, 15) is 4.79 Å². The van der Waals surface area contributed by atoms with Crippen molar-refractivity contribution >= 4 is 5.91 Å². The molecule has 2 rings (SSSR count).